The lowest BCUT2D eigenvalue weighted by Gasteiger charge is -2.43. The number of nitrogens with zero attached hydrogens (tertiary/aromatic N) is 3. The molecule has 2 aliphatic rings. The zero-order valence-electron chi connectivity index (χ0n) is 15.3. The number of carbonyl (C=O) groups excluding carboxylic acids is 1. The molecule has 1 atom stereocenters. The Hall–Kier alpha value is -1.37. The molecule has 2 aliphatic heterocycles. The first kappa shape index (κ1) is 19.4. The number of benzene rings is 1. The van der Waals surface area contributed by atoms with Crippen LogP contribution in [0.2, 0.25) is 5.02 Å². The molecule has 0 bridgehead atoms. The van der Waals surface area contributed by atoms with Gasteiger partial charge in [-0.25, -0.2) is 9.18 Å². The summed E-state index contributed by atoms with van der Waals surface area (Å²) >= 11 is 5.77. The second kappa shape index (κ2) is 9.02. The average Bonchev–Trinajstić information content (AvgIpc) is 2.65. The number of hydrogen-bond donors (Lipinski definition) is 0. The minimum Gasteiger partial charge on any atom is -0.450 e. The maximum atomic E-state index is 13.7. The lowest BCUT2D eigenvalue weighted by atomic mass is 10.0. The van der Waals surface area contributed by atoms with E-state index >= 15 is 0 Å². The van der Waals surface area contributed by atoms with Crippen LogP contribution in [-0.2, 0) is 11.3 Å². The largest absolute Gasteiger partial charge is 0.450 e. The molecule has 2 heterocycles. The van der Waals surface area contributed by atoms with Gasteiger partial charge in [0.2, 0.25) is 0 Å². The molecule has 2 saturated heterocycles. The minimum atomic E-state index is -0.354. The molecule has 5 nitrogen and oxygen atoms in total. The van der Waals surface area contributed by atoms with Crippen LogP contribution in [-0.4, -0.2) is 72.7 Å². The quantitative estimate of drug-likeness (QED) is 0.799. The highest BCUT2D eigenvalue weighted by Crippen LogP contribution is 2.21. The monoisotopic (exact) mass is 383 g/mol. The van der Waals surface area contributed by atoms with Crippen molar-refractivity contribution in [3.63, 3.8) is 0 Å². The van der Waals surface area contributed by atoms with Crippen LogP contribution >= 0.6 is 11.6 Å². The first-order valence-electron chi connectivity index (χ1n) is 9.39. The minimum absolute atomic E-state index is 0.171. The Labute approximate surface area is 159 Å². The van der Waals surface area contributed by atoms with Crippen LogP contribution in [0.4, 0.5) is 9.18 Å². The van der Waals surface area contributed by atoms with Gasteiger partial charge in [0, 0.05) is 45.3 Å². The van der Waals surface area contributed by atoms with Crippen LogP contribution < -0.4 is 0 Å². The molecule has 0 spiro atoms. The van der Waals surface area contributed by atoms with E-state index in [0.29, 0.717) is 12.6 Å². The lowest BCUT2D eigenvalue weighted by molar-refractivity contribution is 0.0412. The van der Waals surface area contributed by atoms with Crippen molar-refractivity contribution >= 4 is 17.7 Å². The normalized spacial score (nSPS) is 22.4. The summed E-state index contributed by atoms with van der Waals surface area (Å²) in [5, 5.41) is 0.171. The first-order valence-corrected chi connectivity index (χ1v) is 9.76. The first-order chi connectivity index (χ1) is 12.6. The van der Waals surface area contributed by atoms with E-state index in [1.54, 1.807) is 11.0 Å². The smallest absolute Gasteiger partial charge is 0.409 e. The molecule has 0 saturated carbocycles. The van der Waals surface area contributed by atoms with Gasteiger partial charge in [-0.05, 0) is 44.0 Å². The van der Waals surface area contributed by atoms with E-state index in [2.05, 4.69) is 9.80 Å². The third-order valence-electron chi connectivity index (χ3n) is 5.23. The molecule has 0 radical (unpaired) electrons. The molecule has 1 aromatic rings. The van der Waals surface area contributed by atoms with Crippen molar-refractivity contribution < 1.29 is 13.9 Å². The van der Waals surface area contributed by atoms with Crippen molar-refractivity contribution in [3.05, 3.63) is 34.6 Å². The third-order valence-corrected chi connectivity index (χ3v) is 5.53. The Bertz CT molecular complexity index is 623. The van der Waals surface area contributed by atoms with Gasteiger partial charge in [-0.2, -0.15) is 0 Å². The van der Waals surface area contributed by atoms with Crippen LogP contribution in [0.1, 0.15) is 25.3 Å². The fraction of sp³-hybridized carbons (Fsp3) is 0.632. The van der Waals surface area contributed by atoms with Gasteiger partial charge in [0.25, 0.3) is 0 Å². The second-order valence-electron chi connectivity index (χ2n) is 7.00. The molecular formula is C19H27ClFN3O2. The highest BCUT2D eigenvalue weighted by atomic mass is 35.5. The molecule has 1 amide bonds. The molecule has 0 unspecified atom stereocenters. The Morgan fingerprint density at radius 2 is 2.04 bits per heavy atom. The molecule has 0 aliphatic carbocycles. The molecule has 7 heteroatoms. The summed E-state index contributed by atoms with van der Waals surface area (Å²) in [6.45, 7) is 8.20. The summed E-state index contributed by atoms with van der Waals surface area (Å²) in [4.78, 5) is 18.5. The molecular weight excluding hydrogens is 357 g/mol. The fourth-order valence-electron chi connectivity index (χ4n) is 3.85. The number of halogens is 2. The van der Waals surface area contributed by atoms with Crippen LogP contribution in [0.5, 0.6) is 0 Å². The Morgan fingerprint density at radius 1 is 1.27 bits per heavy atom. The average molecular weight is 384 g/mol. The molecule has 3 rings (SSSR count). The van der Waals surface area contributed by atoms with E-state index < -0.39 is 0 Å². The maximum Gasteiger partial charge on any atom is 0.409 e. The van der Waals surface area contributed by atoms with Gasteiger partial charge in [-0.1, -0.05) is 17.7 Å². The number of hydrogen-bond acceptors (Lipinski definition) is 4. The van der Waals surface area contributed by atoms with E-state index in [1.165, 1.54) is 12.5 Å². The topological polar surface area (TPSA) is 36.0 Å². The molecule has 26 heavy (non-hydrogen) atoms. The molecule has 0 N–H and O–H groups in total. The lowest BCUT2D eigenvalue weighted by Crippen LogP contribution is -2.55. The summed E-state index contributed by atoms with van der Waals surface area (Å²) in [5.74, 6) is -0.354. The number of piperazine rings is 1. The van der Waals surface area contributed by atoms with Gasteiger partial charge in [0.15, 0.2) is 0 Å². The zero-order valence-corrected chi connectivity index (χ0v) is 16.1. The molecule has 2 fully saturated rings. The van der Waals surface area contributed by atoms with Crippen LogP contribution in [0.25, 0.3) is 0 Å². The van der Waals surface area contributed by atoms with Crippen molar-refractivity contribution in [2.24, 2.45) is 0 Å². The van der Waals surface area contributed by atoms with Gasteiger partial charge >= 0.3 is 6.09 Å². The van der Waals surface area contributed by atoms with Crippen molar-refractivity contribution in [2.75, 3.05) is 45.9 Å². The van der Waals surface area contributed by atoms with E-state index in [4.69, 9.17) is 16.3 Å². The molecule has 144 valence electrons. The predicted octanol–water partition coefficient (Wildman–Crippen LogP) is 3.22. The van der Waals surface area contributed by atoms with Gasteiger partial charge in [0.1, 0.15) is 5.82 Å². The van der Waals surface area contributed by atoms with Gasteiger partial charge in [0.05, 0.1) is 11.6 Å². The number of carbonyl (C=O) groups is 1. The van der Waals surface area contributed by atoms with Crippen molar-refractivity contribution in [2.45, 2.75) is 32.4 Å². The van der Waals surface area contributed by atoms with Gasteiger partial charge in [-0.3, -0.25) is 9.80 Å². The summed E-state index contributed by atoms with van der Waals surface area (Å²) < 4.78 is 18.7. The summed E-state index contributed by atoms with van der Waals surface area (Å²) in [6.07, 6.45) is 2.10. The standard InChI is InChI=1S/C19H27ClFN3O2/c1-2-26-19(25)24-10-8-23(9-11-24)16-4-3-7-22(14-16)13-15-5-6-17(20)18(21)12-15/h5-6,12,16H,2-4,7-11,13-14H2,1H3/t16-/m1/s1. The Kier molecular flexibility index (Phi) is 6.73. The van der Waals surface area contributed by atoms with Crippen molar-refractivity contribution in [3.8, 4) is 0 Å². The number of rotatable bonds is 4. The summed E-state index contributed by atoms with van der Waals surface area (Å²) in [5.41, 5.74) is 0.958. The van der Waals surface area contributed by atoms with Crippen LogP contribution in [0.15, 0.2) is 18.2 Å². The number of ether oxygens (including phenoxy) is 1. The highest BCUT2D eigenvalue weighted by molar-refractivity contribution is 6.30. The number of piperidine rings is 1. The maximum absolute atomic E-state index is 13.7. The fourth-order valence-corrected chi connectivity index (χ4v) is 3.97. The Morgan fingerprint density at radius 3 is 2.73 bits per heavy atom. The summed E-state index contributed by atoms with van der Waals surface area (Å²) in [6, 6.07) is 5.55. The van der Waals surface area contributed by atoms with Crippen molar-refractivity contribution in [1.29, 1.82) is 0 Å². The van der Waals surface area contributed by atoms with E-state index in [1.807, 2.05) is 13.0 Å². The SMILES string of the molecule is CCOC(=O)N1CCN([C@@H]2CCCN(Cc3ccc(Cl)c(F)c3)C2)CC1. The van der Waals surface area contributed by atoms with Crippen LogP contribution in [0, 0.1) is 5.82 Å². The Balaban J connectivity index is 1.51. The predicted molar refractivity (Wildman–Crippen MR) is 99.9 cm³/mol. The van der Waals surface area contributed by atoms with Gasteiger partial charge in [-0.15, -0.1) is 0 Å². The van der Waals surface area contributed by atoms with Gasteiger partial charge < -0.3 is 9.64 Å². The van der Waals surface area contributed by atoms with E-state index in [0.717, 1.165) is 57.8 Å². The second-order valence-corrected chi connectivity index (χ2v) is 7.41. The van der Waals surface area contributed by atoms with E-state index in [9.17, 15) is 9.18 Å². The van der Waals surface area contributed by atoms with Crippen LogP contribution in [0.3, 0.4) is 0 Å². The third kappa shape index (κ3) is 4.87. The molecule has 0 aromatic heterocycles. The summed E-state index contributed by atoms with van der Waals surface area (Å²) in [7, 11) is 0. The zero-order chi connectivity index (χ0) is 18.5. The highest BCUT2D eigenvalue weighted by Gasteiger charge is 2.29. The molecule has 1 aromatic carbocycles. The van der Waals surface area contributed by atoms with Crippen molar-refractivity contribution in [1.82, 2.24) is 14.7 Å². The number of amides is 1. The van der Waals surface area contributed by atoms with E-state index in [-0.39, 0.29) is 16.9 Å². The number of likely N-dealkylation sites (tertiary alicyclic amines) is 1.